The summed E-state index contributed by atoms with van der Waals surface area (Å²) < 4.78 is 0. The van der Waals surface area contributed by atoms with Gasteiger partial charge in [0.2, 0.25) is 0 Å². The molecule has 0 fully saturated rings. The first-order valence-electron chi connectivity index (χ1n) is 1.73. The molecule has 0 saturated carbocycles. The summed E-state index contributed by atoms with van der Waals surface area (Å²) >= 11 is 1.23. The molecular formula is C3H3N2OS. The van der Waals surface area contributed by atoms with E-state index in [9.17, 15) is 0 Å². The molecule has 3 nitrogen and oxygen atoms in total. The molecular weight excluding hydrogens is 112 g/mol. The number of hydrogen-bond donors (Lipinski definition) is 1. The van der Waals surface area contributed by atoms with Crippen molar-refractivity contribution in [1.82, 2.24) is 10.2 Å². The fourth-order valence-electron chi connectivity index (χ4n) is 0.234. The summed E-state index contributed by atoms with van der Waals surface area (Å²) in [6.45, 7) is -0.0266. The summed E-state index contributed by atoms with van der Waals surface area (Å²) in [4.78, 5) is 0. The van der Waals surface area contributed by atoms with E-state index in [2.05, 4.69) is 15.7 Å². The van der Waals surface area contributed by atoms with Crippen LogP contribution in [0, 0.1) is 5.51 Å². The zero-order valence-corrected chi connectivity index (χ0v) is 4.27. The molecule has 4 heteroatoms. The lowest BCUT2D eigenvalue weighted by atomic mass is 10.8. The number of aromatic nitrogens is 2. The van der Waals surface area contributed by atoms with E-state index in [1.54, 1.807) is 0 Å². The van der Waals surface area contributed by atoms with Crippen LogP contribution in [0.5, 0.6) is 0 Å². The second kappa shape index (κ2) is 1.99. The van der Waals surface area contributed by atoms with E-state index in [0.717, 1.165) is 0 Å². The van der Waals surface area contributed by atoms with E-state index < -0.39 is 0 Å². The van der Waals surface area contributed by atoms with Gasteiger partial charge in [0, 0.05) is 0 Å². The van der Waals surface area contributed by atoms with E-state index in [-0.39, 0.29) is 6.61 Å². The molecule has 1 N–H and O–H groups in total. The summed E-state index contributed by atoms with van der Waals surface area (Å²) in [5, 5.41) is 15.8. The van der Waals surface area contributed by atoms with Gasteiger partial charge in [-0.05, 0) is 0 Å². The van der Waals surface area contributed by atoms with Crippen molar-refractivity contribution in [1.29, 1.82) is 0 Å². The quantitative estimate of drug-likeness (QED) is 0.552. The Morgan fingerprint density at radius 3 is 3.00 bits per heavy atom. The first kappa shape index (κ1) is 4.67. The number of aliphatic hydroxyl groups excluding tert-OH is 1. The molecule has 1 rings (SSSR count). The third-order valence-electron chi connectivity index (χ3n) is 0.501. The Bertz CT molecular complexity index is 127. The van der Waals surface area contributed by atoms with Gasteiger partial charge in [0.05, 0.1) is 6.61 Å². The van der Waals surface area contributed by atoms with E-state index in [4.69, 9.17) is 5.11 Å². The van der Waals surface area contributed by atoms with Gasteiger partial charge in [-0.3, -0.25) is 0 Å². The topological polar surface area (TPSA) is 46.0 Å². The molecule has 0 unspecified atom stereocenters. The molecule has 0 aliphatic rings. The summed E-state index contributed by atoms with van der Waals surface area (Å²) in [7, 11) is 0. The van der Waals surface area contributed by atoms with Crippen molar-refractivity contribution in [3.05, 3.63) is 10.5 Å². The van der Waals surface area contributed by atoms with Gasteiger partial charge in [0.1, 0.15) is 5.01 Å². The summed E-state index contributed by atoms with van der Waals surface area (Å²) in [6, 6.07) is 0. The number of nitrogens with zero attached hydrogens (tertiary/aromatic N) is 2. The average molecular weight is 115 g/mol. The van der Waals surface area contributed by atoms with Gasteiger partial charge < -0.3 is 5.11 Å². The molecule has 0 atom stereocenters. The van der Waals surface area contributed by atoms with Gasteiger partial charge in [-0.15, -0.1) is 10.2 Å². The molecule has 0 aliphatic heterocycles. The molecule has 0 aliphatic carbocycles. The lowest BCUT2D eigenvalue weighted by molar-refractivity contribution is 0.280. The van der Waals surface area contributed by atoms with Crippen LogP contribution in [0.4, 0.5) is 0 Å². The van der Waals surface area contributed by atoms with Crippen LogP contribution in [0.3, 0.4) is 0 Å². The van der Waals surface area contributed by atoms with Gasteiger partial charge in [-0.2, -0.15) is 0 Å². The van der Waals surface area contributed by atoms with Crippen LogP contribution in [0.1, 0.15) is 5.01 Å². The second-order valence-corrected chi connectivity index (χ2v) is 1.80. The summed E-state index contributed by atoms with van der Waals surface area (Å²) in [6.07, 6.45) is 0. The van der Waals surface area contributed by atoms with E-state index in [1.807, 2.05) is 0 Å². The van der Waals surface area contributed by atoms with E-state index >= 15 is 0 Å². The Kier molecular flexibility index (Phi) is 1.33. The molecule has 0 saturated heterocycles. The highest BCUT2D eigenvalue weighted by molar-refractivity contribution is 7.08. The Hall–Kier alpha value is -0.480. The summed E-state index contributed by atoms with van der Waals surface area (Å²) in [5.41, 5.74) is 2.50. The predicted octanol–water partition coefficient (Wildman–Crippen LogP) is -0.169. The molecule has 37 valence electrons. The van der Waals surface area contributed by atoms with Crippen molar-refractivity contribution >= 4 is 11.3 Å². The minimum Gasteiger partial charge on any atom is -0.389 e. The first-order valence-corrected chi connectivity index (χ1v) is 2.54. The van der Waals surface area contributed by atoms with Crippen molar-refractivity contribution < 1.29 is 5.11 Å². The maximum atomic E-state index is 8.31. The maximum Gasteiger partial charge on any atom is 0.178 e. The molecule has 1 radical (unpaired) electrons. The standard InChI is InChI=1S/C3H3N2OS/c6-1-3-5-4-2-7-3/h6H,1H2. The predicted molar refractivity (Wildman–Crippen MR) is 24.7 cm³/mol. The van der Waals surface area contributed by atoms with Gasteiger partial charge >= 0.3 is 0 Å². The first-order chi connectivity index (χ1) is 3.43. The highest BCUT2D eigenvalue weighted by Crippen LogP contribution is 1.97. The molecule has 1 heterocycles. The average Bonchev–Trinajstić information content (AvgIpc) is 2.14. The van der Waals surface area contributed by atoms with Crippen LogP contribution in [-0.2, 0) is 6.61 Å². The number of aliphatic hydroxyl groups is 1. The number of hydrogen-bond acceptors (Lipinski definition) is 4. The molecule has 0 aromatic carbocycles. The molecule has 0 amide bonds. The Morgan fingerprint density at radius 2 is 2.71 bits per heavy atom. The van der Waals surface area contributed by atoms with Crippen LogP contribution >= 0.6 is 11.3 Å². The van der Waals surface area contributed by atoms with Gasteiger partial charge in [-0.1, -0.05) is 11.3 Å². The number of rotatable bonds is 1. The van der Waals surface area contributed by atoms with Crippen LogP contribution in [0.2, 0.25) is 0 Å². The highest BCUT2D eigenvalue weighted by Gasteiger charge is 1.88. The molecule has 0 bridgehead atoms. The van der Waals surface area contributed by atoms with Crippen molar-refractivity contribution in [2.24, 2.45) is 0 Å². The Balaban J connectivity index is 2.76. The zero-order chi connectivity index (χ0) is 5.11. The lowest BCUT2D eigenvalue weighted by Gasteiger charge is -1.74. The second-order valence-electron chi connectivity index (χ2n) is 0.945. The highest BCUT2D eigenvalue weighted by atomic mass is 32.1. The molecule has 1 aromatic rings. The minimum atomic E-state index is -0.0266. The SMILES string of the molecule is OCc1nn[c]s1. The van der Waals surface area contributed by atoms with Crippen LogP contribution in [-0.4, -0.2) is 15.3 Å². The molecule has 1 aromatic heterocycles. The van der Waals surface area contributed by atoms with Crippen LogP contribution in [0.25, 0.3) is 0 Å². The smallest absolute Gasteiger partial charge is 0.178 e. The fraction of sp³-hybridized carbons (Fsp3) is 0.333. The van der Waals surface area contributed by atoms with E-state index in [1.165, 1.54) is 11.3 Å². The van der Waals surface area contributed by atoms with E-state index in [0.29, 0.717) is 5.01 Å². The zero-order valence-electron chi connectivity index (χ0n) is 3.46. The van der Waals surface area contributed by atoms with Crippen molar-refractivity contribution in [2.75, 3.05) is 0 Å². The van der Waals surface area contributed by atoms with Gasteiger partial charge in [0.25, 0.3) is 0 Å². The monoisotopic (exact) mass is 115 g/mol. The molecule has 0 spiro atoms. The van der Waals surface area contributed by atoms with Crippen molar-refractivity contribution in [2.45, 2.75) is 6.61 Å². The van der Waals surface area contributed by atoms with Gasteiger partial charge in [0.15, 0.2) is 5.51 Å². The maximum absolute atomic E-state index is 8.31. The fourth-order valence-corrected chi connectivity index (χ4v) is 0.567. The van der Waals surface area contributed by atoms with Crippen LogP contribution in [0.15, 0.2) is 0 Å². The Labute approximate surface area is 44.6 Å². The third-order valence-corrected chi connectivity index (χ3v) is 1.12. The third kappa shape index (κ3) is 0.942. The lowest BCUT2D eigenvalue weighted by Crippen LogP contribution is -1.77. The normalized spacial score (nSPS) is 9.29. The minimum absolute atomic E-state index is 0.0266. The van der Waals surface area contributed by atoms with Crippen molar-refractivity contribution in [3.63, 3.8) is 0 Å². The molecule has 7 heavy (non-hydrogen) atoms. The summed E-state index contributed by atoms with van der Waals surface area (Å²) in [5.74, 6) is 0. The van der Waals surface area contributed by atoms with Crippen LogP contribution < -0.4 is 0 Å². The largest absolute Gasteiger partial charge is 0.389 e. The Morgan fingerprint density at radius 1 is 1.86 bits per heavy atom. The van der Waals surface area contributed by atoms with Gasteiger partial charge in [-0.25, -0.2) is 0 Å². The van der Waals surface area contributed by atoms with Crippen molar-refractivity contribution in [3.8, 4) is 0 Å².